The van der Waals surface area contributed by atoms with Crippen molar-refractivity contribution in [3.05, 3.63) is 53.6 Å². The zero-order chi connectivity index (χ0) is 15.7. The van der Waals surface area contributed by atoms with Gasteiger partial charge in [0, 0.05) is 17.3 Å². The number of hydrogen-bond donors (Lipinski definition) is 2. The molecule has 0 bridgehead atoms. The third-order valence-electron chi connectivity index (χ3n) is 3.64. The average molecular weight is 300 g/mol. The second kappa shape index (κ2) is 5.57. The number of carbonyl (C=O) groups is 1. The maximum Gasteiger partial charge on any atom is 0.281 e. The molecule has 0 aromatic heterocycles. The highest BCUT2D eigenvalue weighted by Crippen LogP contribution is 2.37. The quantitative estimate of drug-likeness (QED) is 0.853. The molecule has 2 aromatic carbocycles. The van der Waals surface area contributed by atoms with Crippen molar-refractivity contribution in [1.82, 2.24) is 5.06 Å². The number of amides is 1. The van der Waals surface area contributed by atoms with Crippen molar-refractivity contribution >= 4 is 11.6 Å². The van der Waals surface area contributed by atoms with E-state index < -0.39 is 12.1 Å². The van der Waals surface area contributed by atoms with Gasteiger partial charge < -0.3 is 14.8 Å². The molecule has 0 unspecified atom stereocenters. The summed E-state index contributed by atoms with van der Waals surface area (Å²) in [5.74, 6) is 0.688. The molecule has 6 heteroatoms. The van der Waals surface area contributed by atoms with Gasteiger partial charge >= 0.3 is 0 Å². The van der Waals surface area contributed by atoms with E-state index in [-0.39, 0.29) is 0 Å². The fraction of sp³-hybridized carbons (Fsp3) is 0.188. The molecule has 0 spiro atoms. The van der Waals surface area contributed by atoms with Crippen LogP contribution in [-0.4, -0.2) is 30.4 Å². The first-order valence-electron chi connectivity index (χ1n) is 6.75. The first kappa shape index (κ1) is 14.2. The summed E-state index contributed by atoms with van der Waals surface area (Å²) in [5, 5.41) is 14.0. The van der Waals surface area contributed by atoms with Crippen LogP contribution in [0.3, 0.4) is 0 Å². The first-order valence-corrected chi connectivity index (χ1v) is 6.75. The molecule has 0 radical (unpaired) electrons. The normalized spacial score (nSPS) is 16.8. The lowest BCUT2D eigenvalue weighted by atomic mass is 10.0. The molecule has 2 aromatic rings. The molecular weight excluding hydrogens is 284 g/mol. The van der Waals surface area contributed by atoms with Crippen LogP contribution < -0.4 is 14.8 Å². The molecule has 114 valence electrons. The van der Waals surface area contributed by atoms with Gasteiger partial charge in [-0.3, -0.25) is 10.0 Å². The largest absolute Gasteiger partial charge is 0.497 e. The van der Waals surface area contributed by atoms with Crippen molar-refractivity contribution in [2.24, 2.45) is 0 Å². The standard InChI is InChI=1S/C16H16N2O4/c1-21-10-7-8-12(14(9-10)22-2)15-17-13-6-4-3-5-11(13)16(19)18(15)20/h3-9,15,17,20H,1-2H3/t15-/m0/s1. The highest BCUT2D eigenvalue weighted by molar-refractivity contribution is 6.01. The van der Waals surface area contributed by atoms with Crippen molar-refractivity contribution in [3.63, 3.8) is 0 Å². The van der Waals surface area contributed by atoms with Crippen LogP contribution in [0.25, 0.3) is 0 Å². The molecule has 0 saturated carbocycles. The Morgan fingerprint density at radius 3 is 2.64 bits per heavy atom. The summed E-state index contributed by atoms with van der Waals surface area (Å²) in [4.78, 5) is 12.3. The number of nitrogens with zero attached hydrogens (tertiary/aromatic N) is 1. The van der Waals surface area contributed by atoms with Crippen LogP contribution in [0.2, 0.25) is 0 Å². The monoisotopic (exact) mass is 300 g/mol. The number of para-hydroxylation sites is 1. The first-order chi connectivity index (χ1) is 10.7. The van der Waals surface area contributed by atoms with Crippen LogP contribution in [0.15, 0.2) is 42.5 Å². The number of rotatable bonds is 3. The Balaban J connectivity index is 2.04. The molecule has 1 atom stereocenters. The summed E-state index contributed by atoms with van der Waals surface area (Å²) in [6.45, 7) is 0. The van der Waals surface area contributed by atoms with Gasteiger partial charge in [0.15, 0.2) is 6.17 Å². The molecule has 22 heavy (non-hydrogen) atoms. The topological polar surface area (TPSA) is 71.0 Å². The number of methoxy groups -OCH3 is 2. The highest BCUT2D eigenvalue weighted by Gasteiger charge is 2.33. The molecule has 0 aliphatic carbocycles. The number of ether oxygens (including phenoxy) is 2. The molecule has 1 aliphatic heterocycles. The van der Waals surface area contributed by atoms with Gasteiger partial charge in [-0.15, -0.1) is 0 Å². The van der Waals surface area contributed by atoms with Gasteiger partial charge in [-0.25, -0.2) is 0 Å². The zero-order valence-electron chi connectivity index (χ0n) is 12.2. The van der Waals surface area contributed by atoms with Gasteiger partial charge in [-0.2, -0.15) is 5.06 Å². The van der Waals surface area contributed by atoms with Crippen molar-refractivity contribution in [2.75, 3.05) is 19.5 Å². The Kier molecular flexibility index (Phi) is 3.60. The summed E-state index contributed by atoms with van der Waals surface area (Å²) in [7, 11) is 3.09. The second-order valence-electron chi connectivity index (χ2n) is 4.85. The van der Waals surface area contributed by atoms with E-state index in [1.807, 2.05) is 6.07 Å². The van der Waals surface area contributed by atoms with E-state index in [0.29, 0.717) is 33.4 Å². The lowest BCUT2D eigenvalue weighted by Gasteiger charge is -2.34. The van der Waals surface area contributed by atoms with Crippen LogP contribution in [0, 0.1) is 0 Å². The summed E-state index contributed by atoms with van der Waals surface area (Å²) in [6.07, 6.45) is -0.733. The summed E-state index contributed by atoms with van der Waals surface area (Å²) < 4.78 is 10.5. The van der Waals surface area contributed by atoms with Crippen molar-refractivity contribution < 1.29 is 19.5 Å². The predicted octanol–water partition coefficient (Wildman–Crippen LogP) is 2.66. The number of benzene rings is 2. The number of fused-ring (bicyclic) bond motifs is 1. The summed E-state index contributed by atoms with van der Waals surface area (Å²) in [5.41, 5.74) is 1.73. The number of hydroxylamine groups is 2. The average Bonchev–Trinajstić information content (AvgIpc) is 2.57. The third kappa shape index (κ3) is 2.23. The summed E-state index contributed by atoms with van der Waals surface area (Å²) >= 11 is 0. The molecule has 1 amide bonds. The van der Waals surface area contributed by atoms with Crippen LogP contribution in [0.5, 0.6) is 11.5 Å². The van der Waals surface area contributed by atoms with Gasteiger partial charge in [0.05, 0.1) is 19.8 Å². The Morgan fingerprint density at radius 2 is 1.91 bits per heavy atom. The lowest BCUT2D eigenvalue weighted by Crippen LogP contribution is -2.40. The van der Waals surface area contributed by atoms with E-state index in [1.54, 1.807) is 43.5 Å². The zero-order valence-corrected chi connectivity index (χ0v) is 12.2. The minimum Gasteiger partial charge on any atom is -0.497 e. The molecule has 1 heterocycles. The Morgan fingerprint density at radius 1 is 1.14 bits per heavy atom. The van der Waals surface area contributed by atoms with E-state index in [1.165, 1.54) is 7.11 Å². The minimum absolute atomic E-state index is 0.425. The van der Waals surface area contributed by atoms with E-state index in [9.17, 15) is 10.0 Å². The van der Waals surface area contributed by atoms with E-state index >= 15 is 0 Å². The molecule has 1 aliphatic rings. The Bertz CT molecular complexity index is 717. The minimum atomic E-state index is -0.733. The number of nitrogens with one attached hydrogen (secondary N) is 1. The lowest BCUT2D eigenvalue weighted by molar-refractivity contribution is -0.0855. The predicted molar refractivity (Wildman–Crippen MR) is 80.3 cm³/mol. The number of carbonyl (C=O) groups excluding carboxylic acids is 1. The molecule has 3 rings (SSSR count). The van der Waals surface area contributed by atoms with Gasteiger partial charge in [0.25, 0.3) is 5.91 Å². The van der Waals surface area contributed by atoms with Crippen LogP contribution in [-0.2, 0) is 0 Å². The molecular formula is C16H16N2O4. The fourth-order valence-corrected chi connectivity index (χ4v) is 2.50. The molecule has 0 fully saturated rings. The van der Waals surface area contributed by atoms with E-state index in [4.69, 9.17) is 9.47 Å². The highest BCUT2D eigenvalue weighted by atomic mass is 16.5. The number of anilines is 1. The van der Waals surface area contributed by atoms with Gasteiger partial charge in [0.2, 0.25) is 0 Å². The van der Waals surface area contributed by atoms with Crippen molar-refractivity contribution in [1.29, 1.82) is 0 Å². The van der Waals surface area contributed by atoms with Crippen LogP contribution >= 0.6 is 0 Å². The smallest absolute Gasteiger partial charge is 0.281 e. The molecule has 6 nitrogen and oxygen atoms in total. The van der Waals surface area contributed by atoms with Gasteiger partial charge in [-0.05, 0) is 24.3 Å². The van der Waals surface area contributed by atoms with E-state index in [2.05, 4.69) is 5.32 Å². The van der Waals surface area contributed by atoms with Gasteiger partial charge in [-0.1, -0.05) is 12.1 Å². The Labute approximate surface area is 127 Å². The number of hydrogen-bond acceptors (Lipinski definition) is 5. The maximum atomic E-state index is 12.3. The second-order valence-corrected chi connectivity index (χ2v) is 4.85. The van der Waals surface area contributed by atoms with Crippen LogP contribution in [0.1, 0.15) is 22.1 Å². The van der Waals surface area contributed by atoms with Crippen molar-refractivity contribution in [3.8, 4) is 11.5 Å². The summed E-state index contributed by atoms with van der Waals surface area (Å²) in [6, 6.07) is 12.2. The van der Waals surface area contributed by atoms with E-state index in [0.717, 1.165) is 0 Å². The molecule has 0 saturated heterocycles. The molecule has 2 N–H and O–H groups in total. The Hall–Kier alpha value is -2.73. The van der Waals surface area contributed by atoms with Crippen molar-refractivity contribution in [2.45, 2.75) is 6.17 Å². The maximum absolute atomic E-state index is 12.3. The fourth-order valence-electron chi connectivity index (χ4n) is 2.50. The SMILES string of the molecule is COc1ccc([C@H]2Nc3ccccc3C(=O)N2O)c(OC)c1. The van der Waals surface area contributed by atoms with Crippen LogP contribution in [0.4, 0.5) is 5.69 Å². The third-order valence-corrected chi connectivity index (χ3v) is 3.64. The van der Waals surface area contributed by atoms with Gasteiger partial charge in [0.1, 0.15) is 11.5 Å².